The van der Waals surface area contributed by atoms with Crippen molar-refractivity contribution >= 4 is 0 Å². The first-order valence-electron chi connectivity index (χ1n) is 6.12. The molecule has 0 heterocycles. The van der Waals surface area contributed by atoms with E-state index in [-0.39, 0.29) is 0 Å². The normalized spacial score (nSPS) is 20.8. The van der Waals surface area contributed by atoms with Crippen LogP contribution in [0.1, 0.15) is 46.0 Å². The lowest BCUT2D eigenvalue weighted by Crippen LogP contribution is -2.33. The highest BCUT2D eigenvalue weighted by molar-refractivity contribution is 4.83. The van der Waals surface area contributed by atoms with Gasteiger partial charge < -0.3 is 10.4 Å². The van der Waals surface area contributed by atoms with Gasteiger partial charge >= 0.3 is 0 Å². The summed E-state index contributed by atoms with van der Waals surface area (Å²) in [5.74, 6) is 1.61. The summed E-state index contributed by atoms with van der Waals surface area (Å²) in [5, 5.41) is 12.5. The van der Waals surface area contributed by atoms with E-state index in [0.717, 1.165) is 18.9 Å². The zero-order chi connectivity index (χ0) is 10.4. The van der Waals surface area contributed by atoms with E-state index in [4.69, 9.17) is 5.11 Å². The first-order valence-corrected chi connectivity index (χ1v) is 6.12. The largest absolute Gasteiger partial charge is 0.396 e. The van der Waals surface area contributed by atoms with Crippen molar-refractivity contribution in [2.24, 2.45) is 11.8 Å². The van der Waals surface area contributed by atoms with Gasteiger partial charge in [-0.3, -0.25) is 0 Å². The van der Waals surface area contributed by atoms with Gasteiger partial charge in [-0.15, -0.1) is 0 Å². The zero-order valence-electron chi connectivity index (χ0n) is 9.63. The molecule has 14 heavy (non-hydrogen) atoms. The second-order valence-corrected chi connectivity index (χ2v) is 4.70. The number of hydrogen-bond donors (Lipinski definition) is 2. The Morgan fingerprint density at radius 1 is 1.36 bits per heavy atom. The monoisotopic (exact) mass is 199 g/mol. The summed E-state index contributed by atoms with van der Waals surface area (Å²) in [6.45, 7) is 5.94. The summed E-state index contributed by atoms with van der Waals surface area (Å²) >= 11 is 0. The maximum absolute atomic E-state index is 8.92. The van der Waals surface area contributed by atoms with E-state index in [1.54, 1.807) is 0 Å². The highest BCUT2D eigenvalue weighted by Crippen LogP contribution is 2.32. The van der Waals surface area contributed by atoms with E-state index in [0.29, 0.717) is 18.6 Å². The third kappa shape index (κ3) is 4.43. The van der Waals surface area contributed by atoms with Crippen LogP contribution < -0.4 is 5.32 Å². The van der Waals surface area contributed by atoms with Gasteiger partial charge in [0, 0.05) is 12.6 Å². The third-order valence-electron chi connectivity index (χ3n) is 3.29. The minimum Gasteiger partial charge on any atom is -0.396 e. The van der Waals surface area contributed by atoms with Crippen LogP contribution in [-0.4, -0.2) is 24.3 Å². The summed E-state index contributed by atoms with van der Waals surface area (Å²) in [5.41, 5.74) is 0. The maximum Gasteiger partial charge on any atom is 0.0434 e. The fourth-order valence-electron chi connectivity index (χ4n) is 2.05. The van der Waals surface area contributed by atoms with E-state index in [1.165, 1.54) is 25.7 Å². The Balaban J connectivity index is 2.10. The van der Waals surface area contributed by atoms with Crippen molar-refractivity contribution in [2.45, 2.75) is 52.0 Å². The Hall–Kier alpha value is -0.0800. The molecule has 1 aliphatic carbocycles. The van der Waals surface area contributed by atoms with Crippen molar-refractivity contribution in [3.05, 3.63) is 0 Å². The minimum atomic E-state index is 0.337. The molecular formula is C12H25NO. The number of aliphatic hydroxyl groups is 1. The molecule has 2 heteroatoms. The van der Waals surface area contributed by atoms with Crippen LogP contribution in [0, 0.1) is 11.8 Å². The summed E-state index contributed by atoms with van der Waals surface area (Å²) < 4.78 is 0. The molecule has 0 aliphatic heterocycles. The summed E-state index contributed by atoms with van der Waals surface area (Å²) in [6, 6.07) is 0.688. The molecule has 2 atom stereocenters. The average Bonchev–Trinajstić information content (AvgIpc) is 2.97. The Labute approximate surface area is 88.1 Å². The number of nitrogens with one attached hydrogen (secondary N) is 1. The first-order chi connectivity index (χ1) is 6.77. The van der Waals surface area contributed by atoms with Crippen molar-refractivity contribution in [3.63, 3.8) is 0 Å². The van der Waals surface area contributed by atoms with Gasteiger partial charge in [0.15, 0.2) is 0 Å². The van der Waals surface area contributed by atoms with Crippen LogP contribution in [-0.2, 0) is 0 Å². The standard InChI is InChI=1S/C12H25NO/c1-3-4-11(7-8-14)9-13-10(2)12-5-6-12/h10-14H,3-9H2,1-2H3. The van der Waals surface area contributed by atoms with E-state index in [2.05, 4.69) is 19.2 Å². The van der Waals surface area contributed by atoms with Crippen LogP contribution in [0.5, 0.6) is 0 Å². The van der Waals surface area contributed by atoms with E-state index in [9.17, 15) is 0 Å². The molecule has 1 saturated carbocycles. The molecule has 0 radical (unpaired) electrons. The van der Waals surface area contributed by atoms with Gasteiger partial charge in [0.2, 0.25) is 0 Å². The lowest BCUT2D eigenvalue weighted by molar-refractivity contribution is 0.244. The molecule has 2 N–H and O–H groups in total. The number of rotatable bonds is 8. The van der Waals surface area contributed by atoms with Crippen LogP contribution >= 0.6 is 0 Å². The Kier molecular flexibility index (Phi) is 5.49. The van der Waals surface area contributed by atoms with Crippen LogP contribution in [0.25, 0.3) is 0 Å². The molecule has 0 spiro atoms. The molecule has 1 rings (SSSR count). The Bertz CT molecular complexity index is 139. The quantitative estimate of drug-likeness (QED) is 0.628. The molecular weight excluding hydrogens is 174 g/mol. The molecule has 1 aliphatic rings. The highest BCUT2D eigenvalue weighted by Gasteiger charge is 2.27. The zero-order valence-corrected chi connectivity index (χ0v) is 9.63. The Morgan fingerprint density at radius 2 is 2.07 bits per heavy atom. The number of hydrogen-bond acceptors (Lipinski definition) is 2. The lowest BCUT2D eigenvalue weighted by Gasteiger charge is -2.19. The van der Waals surface area contributed by atoms with Gasteiger partial charge in [-0.2, -0.15) is 0 Å². The molecule has 84 valence electrons. The smallest absolute Gasteiger partial charge is 0.0434 e. The second-order valence-electron chi connectivity index (χ2n) is 4.70. The minimum absolute atomic E-state index is 0.337. The van der Waals surface area contributed by atoms with Gasteiger partial charge in [-0.05, 0) is 51.0 Å². The topological polar surface area (TPSA) is 32.3 Å². The van der Waals surface area contributed by atoms with Crippen molar-refractivity contribution in [2.75, 3.05) is 13.2 Å². The average molecular weight is 199 g/mol. The molecule has 0 saturated heterocycles. The van der Waals surface area contributed by atoms with Crippen LogP contribution in [0.4, 0.5) is 0 Å². The molecule has 1 fully saturated rings. The van der Waals surface area contributed by atoms with Crippen LogP contribution in [0.2, 0.25) is 0 Å². The molecule has 0 aromatic rings. The van der Waals surface area contributed by atoms with Crippen molar-refractivity contribution in [3.8, 4) is 0 Å². The number of aliphatic hydroxyl groups excluding tert-OH is 1. The predicted molar refractivity (Wildman–Crippen MR) is 60.3 cm³/mol. The van der Waals surface area contributed by atoms with Crippen LogP contribution in [0.15, 0.2) is 0 Å². The second kappa shape index (κ2) is 6.41. The van der Waals surface area contributed by atoms with Crippen molar-refractivity contribution in [1.29, 1.82) is 0 Å². The molecule has 0 aromatic carbocycles. The molecule has 2 nitrogen and oxygen atoms in total. The van der Waals surface area contributed by atoms with E-state index < -0.39 is 0 Å². The summed E-state index contributed by atoms with van der Waals surface area (Å²) in [4.78, 5) is 0. The van der Waals surface area contributed by atoms with Gasteiger partial charge in [-0.1, -0.05) is 13.3 Å². The fraction of sp³-hybridized carbons (Fsp3) is 1.00. The van der Waals surface area contributed by atoms with Gasteiger partial charge in [-0.25, -0.2) is 0 Å². The molecule has 0 amide bonds. The van der Waals surface area contributed by atoms with E-state index >= 15 is 0 Å². The SMILES string of the molecule is CCCC(CCO)CNC(C)C1CC1. The van der Waals surface area contributed by atoms with Crippen LogP contribution in [0.3, 0.4) is 0 Å². The lowest BCUT2D eigenvalue weighted by atomic mass is 9.99. The van der Waals surface area contributed by atoms with Gasteiger partial charge in [0.25, 0.3) is 0 Å². The molecule has 0 bridgehead atoms. The summed E-state index contributed by atoms with van der Waals surface area (Å²) in [7, 11) is 0. The first kappa shape index (κ1) is 12.0. The summed E-state index contributed by atoms with van der Waals surface area (Å²) in [6.07, 6.45) is 6.24. The van der Waals surface area contributed by atoms with Gasteiger partial charge in [0.1, 0.15) is 0 Å². The van der Waals surface area contributed by atoms with Crippen molar-refractivity contribution in [1.82, 2.24) is 5.32 Å². The third-order valence-corrected chi connectivity index (χ3v) is 3.29. The van der Waals surface area contributed by atoms with E-state index in [1.807, 2.05) is 0 Å². The molecule has 2 unspecified atom stereocenters. The predicted octanol–water partition coefficient (Wildman–Crippen LogP) is 2.17. The Morgan fingerprint density at radius 3 is 2.57 bits per heavy atom. The van der Waals surface area contributed by atoms with Gasteiger partial charge in [0.05, 0.1) is 0 Å². The van der Waals surface area contributed by atoms with Crippen molar-refractivity contribution < 1.29 is 5.11 Å². The maximum atomic E-state index is 8.92. The highest BCUT2D eigenvalue weighted by atomic mass is 16.3. The molecule has 0 aromatic heterocycles. The fourth-order valence-corrected chi connectivity index (χ4v) is 2.05.